The second-order valence-corrected chi connectivity index (χ2v) is 6.57. The minimum atomic E-state index is 0.764. The summed E-state index contributed by atoms with van der Waals surface area (Å²) in [6.45, 7) is 5.16. The Labute approximate surface area is 174 Å². The number of rotatable bonds is 9. The zero-order valence-corrected chi connectivity index (χ0v) is 17.7. The maximum absolute atomic E-state index is 6.22. The summed E-state index contributed by atoms with van der Waals surface area (Å²) in [5, 5.41) is 10.1. The van der Waals surface area contributed by atoms with E-state index in [4.69, 9.17) is 9.47 Å². The maximum atomic E-state index is 6.22. The minimum absolute atomic E-state index is 0.764. The minimum Gasteiger partial charge on any atom is -0.496 e. The van der Waals surface area contributed by atoms with Gasteiger partial charge in [-0.15, -0.1) is 10.2 Å². The van der Waals surface area contributed by atoms with E-state index in [0.29, 0.717) is 0 Å². The van der Waals surface area contributed by atoms with Crippen LogP contribution in [0.15, 0.2) is 60.9 Å². The van der Waals surface area contributed by atoms with Crippen molar-refractivity contribution in [2.24, 2.45) is 0 Å². The van der Waals surface area contributed by atoms with Gasteiger partial charge >= 0.3 is 0 Å². The molecule has 1 aromatic heterocycles. The summed E-state index contributed by atoms with van der Waals surface area (Å²) in [6.07, 6.45) is 8.95. The van der Waals surface area contributed by atoms with Crippen LogP contribution in [0, 0.1) is 0 Å². The second-order valence-electron chi connectivity index (χ2n) is 6.57. The first kappa shape index (κ1) is 22.3. The van der Waals surface area contributed by atoms with Crippen LogP contribution < -0.4 is 9.47 Å². The van der Waals surface area contributed by atoms with Crippen LogP contribution in [-0.2, 0) is 6.42 Å². The van der Waals surface area contributed by atoms with Crippen molar-refractivity contribution < 1.29 is 9.47 Å². The molecule has 0 aliphatic carbocycles. The molecule has 0 aliphatic heterocycles. The summed E-state index contributed by atoms with van der Waals surface area (Å²) >= 11 is 0. The Kier molecular flexibility index (Phi) is 10.2. The van der Waals surface area contributed by atoms with Crippen LogP contribution in [0.25, 0.3) is 11.1 Å². The van der Waals surface area contributed by atoms with Crippen LogP contribution in [0.4, 0.5) is 0 Å². The highest BCUT2D eigenvalue weighted by Crippen LogP contribution is 2.41. The molecule has 0 spiro atoms. The Morgan fingerprint density at radius 1 is 0.828 bits per heavy atom. The number of nitrogens with zero attached hydrogens (tertiary/aromatic N) is 3. The summed E-state index contributed by atoms with van der Waals surface area (Å²) in [5.41, 5.74) is 3.45. The first-order chi connectivity index (χ1) is 14.3. The van der Waals surface area contributed by atoms with Gasteiger partial charge < -0.3 is 9.47 Å². The van der Waals surface area contributed by atoms with Crippen molar-refractivity contribution in [2.45, 2.75) is 46.0 Å². The summed E-state index contributed by atoms with van der Waals surface area (Å²) in [5.74, 6) is 1.85. The van der Waals surface area contributed by atoms with Crippen LogP contribution in [0.5, 0.6) is 11.5 Å². The number of ether oxygens (including phenoxy) is 2. The number of benzene rings is 2. The zero-order valence-electron chi connectivity index (χ0n) is 17.7. The molecule has 5 heteroatoms. The van der Waals surface area contributed by atoms with E-state index in [2.05, 4.69) is 59.6 Å². The van der Waals surface area contributed by atoms with Crippen LogP contribution in [0.1, 0.15) is 45.1 Å². The van der Waals surface area contributed by atoms with Crippen molar-refractivity contribution >= 4 is 0 Å². The average molecular weight is 394 g/mol. The molecule has 1 heterocycles. The molecule has 0 N–H and O–H groups in total. The van der Waals surface area contributed by atoms with Gasteiger partial charge in [0.25, 0.3) is 0 Å². The Morgan fingerprint density at radius 3 is 2.14 bits per heavy atom. The molecule has 29 heavy (non-hydrogen) atoms. The highest BCUT2D eigenvalue weighted by atomic mass is 16.5. The molecule has 0 aliphatic rings. The summed E-state index contributed by atoms with van der Waals surface area (Å²) in [7, 11) is 1.72. The molecule has 0 amide bonds. The molecule has 5 nitrogen and oxygen atoms in total. The lowest BCUT2D eigenvalue weighted by molar-refractivity contribution is 0.301. The lowest BCUT2D eigenvalue weighted by Crippen LogP contribution is -2.03. The summed E-state index contributed by atoms with van der Waals surface area (Å²) < 4.78 is 11.8. The van der Waals surface area contributed by atoms with Crippen LogP contribution >= 0.6 is 0 Å². The molecular formula is C24H31N3O2. The molecule has 0 fully saturated rings. The first-order valence-corrected chi connectivity index (χ1v) is 10.3. The van der Waals surface area contributed by atoms with E-state index in [1.54, 1.807) is 25.6 Å². The van der Waals surface area contributed by atoms with Crippen molar-refractivity contribution in [1.82, 2.24) is 15.4 Å². The number of hydrogen-bond donors (Lipinski definition) is 0. The lowest BCUT2D eigenvalue weighted by Gasteiger charge is -2.18. The molecule has 0 bridgehead atoms. The summed E-state index contributed by atoms with van der Waals surface area (Å²) in [6, 6.07) is 16.2. The van der Waals surface area contributed by atoms with Gasteiger partial charge in [0.2, 0.25) is 0 Å². The highest BCUT2D eigenvalue weighted by molar-refractivity contribution is 5.78. The third-order valence-corrected chi connectivity index (χ3v) is 4.52. The van der Waals surface area contributed by atoms with Crippen molar-refractivity contribution in [3.05, 3.63) is 66.5 Å². The van der Waals surface area contributed by atoms with E-state index >= 15 is 0 Å². The van der Waals surface area contributed by atoms with E-state index in [1.807, 2.05) is 12.1 Å². The Balaban J connectivity index is 0.000000426. The highest BCUT2D eigenvalue weighted by Gasteiger charge is 2.16. The third-order valence-electron chi connectivity index (χ3n) is 4.52. The standard InChI is InChI=1S/C21H28O2.C3H3N3/c1-4-6-7-11-16-23-21-17(5-2)14-15-19(22-3)20(21)18-12-9-8-10-13-18;1-2-4-6-5-3-1/h8-10,12-15H,4-7,11,16H2,1-3H3;1-3H. The topological polar surface area (TPSA) is 57.1 Å². The summed E-state index contributed by atoms with van der Waals surface area (Å²) in [4.78, 5) is 0. The second kappa shape index (κ2) is 13.3. The largest absolute Gasteiger partial charge is 0.496 e. The van der Waals surface area contributed by atoms with Gasteiger partial charge in [-0.05, 0) is 41.3 Å². The van der Waals surface area contributed by atoms with Gasteiger partial charge in [-0.3, -0.25) is 0 Å². The quantitative estimate of drug-likeness (QED) is 0.433. The van der Waals surface area contributed by atoms with Crippen molar-refractivity contribution in [3.63, 3.8) is 0 Å². The Bertz CT molecular complexity index is 784. The molecule has 0 radical (unpaired) electrons. The smallest absolute Gasteiger partial charge is 0.134 e. The van der Waals surface area contributed by atoms with Gasteiger partial charge in [-0.1, -0.05) is 69.5 Å². The normalized spacial score (nSPS) is 10.0. The Morgan fingerprint density at radius 2 is 1.59 bits per heavy atom. The SMILES string of the molecule is CCCCCCOc1c(CC)ccc(OC)c1-c1ccccc1.c1cnnnc1. The molecule has 3 rings (SSSR count). The molecule has 3 aromatic rings. The molecular weight excluding hydrogens is 362 g/mol. The zero-order chi connectivity index (χ0) is 20.7. The van der Waals surface area contributed by atoms with E-state index < -0.39 is 0 Å². The fourth-order valence-electron chi connectivity index (χ4n) is 3.01. The fraction of sp³-hybridized carbons (Fsp3) is 0.375. The van der Waals surface area contributed by atoms with Crippen LogP contribution in [-0.4, -0.2) is 29.1 Å². The van der Waals surface area contributed by atoms with Crippen LogP contribution in [0.2, 0.25) is 0 Å². The molecule has 0 saturated carbocycles. The van der Waals surface area contributed by atoms with Gasteiger partial charge in [-0.25, -0.2) is 0 Å². The van der Waals surface area contributed by atoms with Gasteiger partial charge in [0.05, 0.1) is 31.7 Å². The van der Waals surface area contributed by atoms with Gasteiger partial charge in [0.15, 0.2) is 0 Å². The van der Waals surface area contributed by atoms with Crippen LogP contribution in [0.3, 0.4) is 0 Å². The number of aryl methyl sites for hydroxylation is 1. The predicted octanol–water partition coefficient (Wildman–Crippen LogP) is 5.76. The number of unbranched alkanes of at least 4 members (excludes halogenated alkanes) is 3. The average Bonchev–Trinajstić information content (AvgIpc) is 2.80. The lowest BCUT2D eigenvalue weighted by atomic mass is 9.99. The van der Waals surface area contributed by atoms with Crippen molar-refractivity contribution in [1.29, 1.82) is 0 Å². The molecule has 0 unspecified atom stereocenters. The van der Waals surface area contributed by atoms with E-state index in [0.717, 1.165) is 42.1 Å². The van der Waals surface area contributed by atoms with E-state index in [9.17, 15) is 0 Å². The van der Waals surface area contributed by atoms with Gasteiger partial charge in [0.1, 0.15) is 11.5 Å². The van der Waals surface area contributed by atoms with Gasteiger partial charge in [0, 0.05) is 0 Å². The molecule has 2 aromatic carbocycles. The number of methoxy groups -OCH3 is 1. The predicted molar refractivity (Wildman–Crippen MR) is 117 cm³/mol. The van der Waals surface area contributed by atoms with Gasteiger partial charge in [-0.2, -0.15) is 0 Å². The maximum Gasteiger partial charge on any atom is 0.134 e. The molecule has 0 saturated heterocycles. The first-order valence-electron chi connectivity index (χ1n) is 10.3. The van der Waals surface area contributed by atoms with Crippen molar-refractivity contribution in [2.75, 3.05) is 13.7 Å². The Hall–Kier alpha value is -2.95. The van der Waals surface area contributed by atoms with E-state index in [-0.39, 0.29) is 0 Å². The monoisotopic (exact) mass is 393 g/mol. The molecule has 0 atom stereocenters. The number of aromatic nitrogens is 3. The number of hydrogen-bond acceptors (Lipinski definition) is 5. The van der Waals surface area contributed by atoms with Crippen molar-refractivity contribution in [3.8, 4) is 22.6 Å². The fourth-order valence-corrected chi connectivity index (χ4v) is 3.01. The van der Waals surface area contributed by atoms with E-state index in [1.165, 1.54) is 24.8 Å². The molecule has 154 valence electrons. The third kappa shape index (κ3) is 7.18.